The zero-order valence-electron chi connectivity index (χ0n) is 17.2. The zero-order valence-corrected chi connectivity index (χ0v) is 17.2. The van der Waals surface area contributed by atoms with Crippen LogP contribution in [0.15, 0.2) is 42.5 Å². The lowest BCUT2D eigenvalue weighted by atomic mass is 9.84. The third-order valence-corrected chi connectivity index (χ3v) is 5.94. The van der Waals surface area contributed by atoms with Crippen molar-refractivity contribution in [3.05, 3.63) is 59.2 Å². The second-order valence-electron chi connectivity index (χ2n) is 8.12. The molecule has 5 heteroatoms. The van der Waals surface area contributed by atoms with Crippen LogP contribution in [0.25, 0.3) is 0 Å². The first-order chi connectivity index (χ1) is 14.0. The highest BCUT2D eigenvalue weighted by Crippen LogP contribution is 2.31. The topological polar surface area (TPSA) is 49.9 Å². The number of nitrogens with zero attached hydrogens (tertiary/aromatic N) is 2. The van der Waals surface area contributed by atoms with Crippen molar-refractivity contribution in [1.82, 2.24) is 4.90 Å². The van der Waals surface area contributed by atoms with Crippen LogP contribution in [0.3, 0.4) is 0 Å². The highest BCUT2D eigenvalue weighted by molar-refractivity contribution is 5.91. The molecule has 1 aliphatic carbocycles. The van der Waals surface area contributed by atoms with Crippen LogP contribution in [0.2, 0.25) is 0 Å². The summed E-state index contributed by atoms with van der Waals surface area (Å²) in [5.41, 5.74) is 4.09. The van der Waals surface area contributed by atoms with Gasteiger partial charge in [0.1, 0.15) is 12.4 Å². The molecule has 152 valence electrons. The number of ether oxygens (including phenoxy) is 1. The molecule has 2 amide bonds. The molecule has 29 heavy (non-hydrogen) atoms. The fourth-order valence-corrected chi connectivity index (χ4v) is 3.94. The van der Waals surface area contributed by atoms with Crippen molar-refractivity contribution >= 4 is 17.5 Å². The molecule has 1 heterocycles. The van der Waals surface area contributed by atoms with E-state index in [0.29, 0.717) is 26.2 Å². The molecule has 0 saturated heterocycles. The molecule has 0 N–H and O–H groups in total. The minimum absolute atomic E-state index is 0.00170. The van der Waals surface area contributed by atoms with Gasteiger partial charge in [-0.3, -0.25) is 9.59 Å². The number of rotatable bonds is 4. The Labute approximate surface area is 172 Å². The summed E-state index contributed by atoms with van der Waals surface area (Å²) in [5, 5.41) is 0. The molecule has 0 atom stereocenters. The average molecular weight is 392 g/mol. The number of aryl methyl sites for hydroxylation is 1. The monoisotopic (exact) mass is 392 g/mol. The molecule has 0 unspecified atom stereocenters. The zero-order chi connectivity index (χ0) is 20.4. The fourth-order valence-electron chi connectivity index (χ4n) is 3.94. The minimum atomic E-state index is 0.00170. The van der Waals surface area contributed by atoms with Gasteiger partial charge in [0.25, 0.3) is 0 Å². The number of carbonyl (C=O) groups is 2. The lowest BCUT2D eigenvalue weighted by Gasteiger charge is -2.30. The molecular formula is C24H28N2O3. The van der Waals surface area contributed by atoms with Gasteiger partial charge in [0.05, 0.1) is 13.1 Å². The van der Waals surface area contributed by atoms with Crippen molar-refractivity contribution in [2.24, 2.45) is 5.92 Å². The highest BCUT2D eigenvalue weighted by atomic mass is 16.5. The Hall–Kier alpha value is -2.82. The van der Waals surface area contributed by atoms with Gasteiger partial charge in [0, 0.05) is 30.6 Å². The van der Waals surface area contributed by atoms with E-state index in [2.05, 4.69) is 6.07 Å². The van der Waals surface area contributed by atoms with Crippen LogP contribution in [0, 0.1) is 12.8 Å². The van der Waals surface area contributed by atoms with E-state index >= 15 is 0 Å². The number of hydrogen-bond acceptors (Lipinski definition) is 3. The molecule has 0 spiro atoms. The van der Waals surface area contributed by atoms with Crippen LogP contribution in [-0.2, 0) is 22.7 Å². The van der Waals surface area contributed by atoms with Gasteiger partial charge in [0.2, 0.25) is 11.8 Å². The number of hydrogen-bond donors (Lipinski definition) is 0. The maximum Gasteiger partial charge on any atom is 0.226 e. The van der Waals surface area contributed by atoms with Gasteiger partial charge in [-0.25, -0.2) is 0 Å². The molecule has 2 aromatic carbocycles. The molecule has 4 rings (SSSR count). The molecule has 0 aromatic heterocycles. The van der Waals surface area contributed by atoms with Gasteiger partial charge in [-0.1, -0.05) is 30.2 Å². The van der Waals surface area contributed by atoms with Gasteiger partial charge in [0.15, 0.2) is 0 Å². The van der Waals surface area contributed by atoms with Crippen molar-refractivity contribution in [2.45, 2.75) is 46.2 Å². The molecule has 1 aliphatic heterocycles. The van der Waals surface area contributed by atoms with Crippen molar-refractivity contribution in [3.63, 3.8) is 0 Å². The Morgan fingerprint density at radius 3 is 2.55 bits per heavy atom. The first-order valence-corrected chi connectivity index (χ1v) is 10.4. The molecule has 2 aliphatic rings. The standard InChI is InChI=1S/C24H28N2O3/c1-17-6-9-22(10-7-17)26(18(2)27)15-19-8-11-23-21(14-19)16-25(12-13-29-23)24(28)20-4-3-5-20/h6-11,14,20H,3-5,12-13,15-16H2,1-2H3. The van der Waals surface area contributed by atoms with E-state index in [1.165, 1.54) is 0 Å². The maximum absolute atomic E-state index is 12.7. The third-order valence-electron chi connectivity index (χ3n) is 5.94. The summed E-state index contributed by atoms with van der Waals surface area (Å²) >= 11 is 0. The summed E-state index contributed by atoms with van der Waals surface area (Å²) in [5.74, 6) is 1.28. The normalized spacial score (nSPS) is 16.3. The predicted molar refractivity (Wildman–Crippen MR) is 113 cm³/mol. The summed E-state index contributed by atoms with van der Waals surface area (Å²) in [7, 11) is 0. The minimum Gasteiger partial charge on any atom is -0.491 e. The van der Waals surface area contributed by atoms with E-state index in [4.69, 9.17) is 4.74 Å². The Morgan fingerprint density at radius 2 is 1.90 bits per heavy atom. The van der Waals surface area contributed by atoms with Crippen LogP contribution in [0.5, 0.6) is 5.75 Å². The first-order valence-electron chi connectivity index (χ1n) is 10.4. The Balaban J connectivity index is 1.54. The van der Waals surface area contributed by atoms with Crippen molar-refractivity contribution in [3.8, 4) is 5.75 Å². The van der Waals surface area contributed by atoms with Crippen molar-refractivity contribution in [1.29, 1.82) is 0 Å². The number of amides is 2. The smallest absolute Gasteiger partial charge is 0.226 e. The summed E-state index contributed by atoms with van der Waals surface area (Å²) < 4.78 is 5.89. The second kappa shape index (κ2) is 8.27. The predicted octanol–water partition coefficient (Wildman–Crippen LogP) is 4.07. The van der Waals surface area contributed by atoms with E-state index in [1.54, 1.807) is 11.8 Å². The Bertz CT molecular complexity index is 903. The lowest BCUT2D eigenvalue weighted by Crippen LogP contribution is -2.39. The van der Waals surface area contributed by atoms with Gasteiger partial charge in [-0.2, -0.15) is 0 Å². The van der Waals surface area contributed by atoms with E-state index in [0.717, 1.165) is 47.4 Å². The van der Waals surface area contributed by atoms with E-state index in [-0.39, 0.29) is 17.7 Å². The second-order valence-corrected chi connectivity index (χ2v) is 8.12. The van der Waals surface area contributed by atoms with Gasteiger partial charge in [-0.05, 0) is 49.6 Å². The van der Waals surface area contributed by atoms with Crippen molar-refractivity contribution < 1.29 is 14.3 Å². The average Bonchev–Trinajstić information content (AvgIpc) is 2.87. The quantitative estimate of drug-likeness (QED) is 0.788. The van der Waals surface area contributed by atoms with E-state index < -0.39 is 0 Å². The summed E-state index contributed by atoms with van der Waals surface area (Å²) in [6.07, 6.45) is 3.17. The van der Waals surface area contributed by atoms with Gasteiger partial charge in [-0.15, -0.1) is 0 Å². The van der Waals surface area contributed by atoms with Gasteiger partial charge < -0.3 is 14.5 Å². The van der Waals surface area contributed by atoms with E-state index in [1.807, 2.05) is 48.2 Å². The molecule has 2 aromatic rings. The SMILES string of the molecule is CC(=O)N(Cc1ccc2c(c1)CN(C(=O)C1CCC1)CCO2)c1ccc(C)cc1. The van der Waals surface area contributed by atoms with Crippen LogP contribution in [-0.4, -0.2) is 29.9 Å². The number of benzene rings is 2. The molecule has 0 radical (unpaired) electrons. The molecule has 1 saturated carbocycles. The van der Waals surface area contributed by atoms with E-state index in [9.17, 15) is 9.59 Å². The summed E-state index contributed by atoms with van der Waals surface area (Å²) in [6, 6.07) is 14.0. The summed E-state index contributed by atoms with van der Waals surface area (Å²) in [6.45, 7) is 5.83. The number of fused-ring (bicyclic) bond motifs is 1. The Morgan fingerprint density at radius 1 is 1.14 bits per heavy atom. The Kier molecular flexibility index (Phi) is 5.56. The lowest BCUT2D eigenvalue weighted by molar-refractivity contribution is -0.138. The highest BCUT2D eigenvalue weighted by Gasteiger charge is 2.30. The molecule has 5 nitrogen and oxygen atoms in total. The molecule has 0 bridgehead atoms. The number of anilines is 1. The molecule has 1 fully saturated rings. The summed E-state index contributed by atoms with van der Waals surface area (Å²) in [4.78, 5) is 28.7. The third kappa shape index (κ3) is 4.29. The van der Waals surface area contributed by atoms with Gasteiger partial charge >= 0.3 is 0 Å². The number of carbonyl (C=O) groups excluding carboxylic acids is 2. The molecular weight excluding hydrogens is 364 g/mol. The first kappa shape index (κ1) is 19.5. The largest absolute Gasteiger partial charge is 0.491 e. The van der Waals surface area contributed by atoms with Crippen LogP contribution in [0.1, 0.15) is 42.9 Å². The fraction of sp³-hybridized carbons (Fsp3) is 0.417. The maximum atomic E-state index is 12.7. The van der Waals surface area contributed by atoms with Crippen molar-refractivity contribution in [2.75, 3.05) is 18.1 Å². The van der Waals surface area contributed by atoms with Crippen LogP contribution < -0.4 is 9.64 Å². The van der Waals surface area contributed by atoms with Crippen LogP contribution >= 0.6 is 0 Å². The van der Waals surface area contributed by atoms with Crippen LogP contribution in [0.4, 0.5) is 5.69 Å².